The third kappa shape index (κ3) is 6.42. The van der Waals surface area contributed by atoms with Gasteiger partial charge in [0.25, 0.3) is 0 Å². The first-order valence-electron chi connectivity index (χ1n) is 7.28. The Balaban J connectivity index is 2.59. The highest BCUT2D eigenvalue weighted by Crippen LogP contribution is 2.23. The zero-order chi connectivity index (χ0) is 17.5. The van der Waals surface area contributed by atoms with Crippen molar-refractivity contribution in [2.75, 3.05) is 13.7 Å². The van der Waals surface area contributed by atoms with Gasteiger partial charge in [-0.2, -0.15) is 0 Å². The molecule has 6 nitrogen and oxygen atoms in total. The minimum atomic E-state index is -1.05. The van der Waals surface area contributed by atoms with Crippen LogP contribution >= 0.6 is 0 Å². The molecule has 0 saturated heterocycles. The first-order valence-corrected chi connectivity index (χ1v) is 7.28. The fourth-order valence-corrected chi connectivity index (χ4v) is 1.87. The van der Waals surface area contributed by atoms with Crippen molar-refractivity contribution in [3.63, 3.8) is 0 Å². The van der Waals surface area contributed by atoms with Crippen LogP contribution in [0.2, 0.25) is 0 Å². The molecule has 23 heavy (non-hydrogen) atoms. The molecule has 2 N–H and O–H groups in total. The van der Waals surface area contributed by atoms with Crippen LogP contribution in [0.4, 0.5) is 4.79 Å². The van der Waals surface area contributed by atoms with Gasteiger partial charge in [0.15, 0.2) is 0 Å². The van der Waals surface area contributed by atoms with Gasteiger partial charge in [0.2, 0.25) is 0 Å². The number of benzene rings is 1. The van der Waals surface area contributed by atoms with Crippen LogP contribution in [0.5, 0.6) is 5.75 Å². The number of hydrogen-bond acceptors (Lipinski definition) is 4. The van der Waals surface area contributed by atoms with Crippen LogP contribution < -0.4 is 10.1 Å². The van der Waals surface area contributed by atoms with E-state index in [0.717, 1.165) is 0 Å². The maximum atomic E-state index is 11.5. The van der Waals surface area contributed by atoms with Crippen molar-refractivity contribution in [2.24, 2.45) is 0 Å². The van der Waals surface area contributed by atoms with Crippen molar-refractivity contribution < 1.29 is 24.2 Å². The zero-order valence-electron chi connectivity index (χ0n) is 13.9. The van der Waals surface area contributed by atoms with Crippen LogP contribution in [-0.2, 0) is 4.74 Å². The number of aromatic carboxylic acids is 1. The van der Waals surface area contributed by atoms with E-state index in [4.69, 9.17) is 9.47 Å². The van der Waals surface area contributed by atoms with E-state index in [1.54, 1.807) is 51.1 Å². The SMILES string of the molecule is COc1cccc(C=CCCNC(=O)OC(C)(C)C)c1C(=O)O. The Morgan fingerprint density at radius 1 is 1.30 bits per heavy atom. The molecule has 0 atom stereocenters. The van der Waals surface area contributed by atoms with Gasteiger partial charge < -0.3 is 19.9 Å². The molecule has 1 rings (SSSR count). The van der Waals surface area contributed by atoms with Crippen LogP contribution in [0.1, 0.15) is 43.1 Å². The molecule has 0 radical (unpaired) electrons. The monoisotopic (exact) mass is 321 g/mol. The molecule has 0 unspecified atom stereocenters. The van der Waals surface area contributed by atoms with E-state index >= 15 is 0 Å². The van der Waals surface area contributed by atoms with E-state index < -0.39 is 17.7 Å². The second-order valence-electron chi connectivity index (χ2n) is 5.85. The molecular formula is C17H23NO5. The van der Waals surface area contributed by atoms with Crippen molar-refractivity contribution in [2.45, 2.75) is 32.8 Å². The lowest BCUT2D eigenvalue weighted by molar-refractivity contribution is 0.0528. The van der Waals surface area contributed by atoms with Gasteiger partial charge in [0, 0.05) is 6.54 Å². The molecule has 1 aromatic carbocycles. The highest BCUT2D eigenvalue weighted by Gasteiger charge is 2.15. The van der Waals surface area contributed by atoms with Crippen molar-refractivity contribution in [1.82, 2.24) is 5.32 Å². The molecule has 0 saturated carbocycles. The second-order valence-corrected chi connectivity index (χ2v) is 5.85. The van der Waals surface area contributed by atoms with Gasteiger partial charge in [-0.25, -0.2) is 9.59 Å². The average Bonchev–Trinajstić information content (AvgIpc) is 2.44. The number of hydrogen-bond donors (Lipinski definition) is 2. The third-order valence-corrected chi connectivity index (χ3v) is 2.77. The first-order chi connectivity index (χ1) is 10.7. The van der Waals surface area contributed by atoms with E-state index in [-0.39, 0.29) is 5.56 Å². The Morgan fingerprint density at radius 2 is 2.00 bits per heavy atom. The lowest BCUT2D eigenvalue weighted by Crippen LogP contribution is -2.32. The van der Waals surface area contributed by atoms with Crippen molar-refractivity contribution in [1.29, 1.82) is 0 Å². The summed E-state index contributed by atoms with van der Waals surface area (Å²) >= 11 is 0. The molecule has 0 aliphatic heterocycles. The Hall–Kier alpha value is -2.50. The maximum absolute atomic E-state index is 11.5. The number of carboxylic acids is 1. The topological polar surface area (TPSA) is 84.9 Å². The van der Waals surface area contributed by atoms with E-state index in [1.807, 2.05) is 0 Å². The number of carboxylic acid groups (broad SMARTS) is 1. The van der Waals surface area contributed by atoms with Crippen LogP contribution in [0, 0.1) is 0 Å². The number of amides is 1. The summed E-state index contributed by atoms with van der Waals surface area (Å²) in [6, 6.07) is 5.03. The maximum Gasteiger partial charge on any atom is 0.407 e. The fraction of sp³-hybridized carbons (Fsp3) is 0.412. The zero-order valence-corrected chi connectivity index (χ0v) is 13.9. The van der Waals surface area contributed by atoms with E-state index in [1.165, 1.54) is 7.11 Å². The normalized spacial score (nSPS) is 11.3. The second kappa shape index (κ2) is 8.22. The van der Waals surface area contributed by atoms with Crippen LogP contribution in [0.3, 0.4) is 0 Å². The molecule has 126 valence electrons. The summed E-state index contributed by atoms with van der Waals surface area (Å²) < 4.78 is 10.2. The van der Waals surface area contributed by atoms with Crippen molar-refractivity contribution in [3.8, 4) is 5.75 Å². The third-order valence-electron chi connectivity index (χ3n) is 2.77. The molecule has 0 fully saturated rings. The summed E-state index contributed by atoms with van der Waals surface area (Å²) in [6.07, 6.45) is 3.56. The number of rotatable bonds is 6. The number of carbonyl (C=O) groups is 2. The molecule has 0 spiro atoms. The standard InChI is InChI=1S/C17H23NO5/c1-17(2,3)23-16(21)18-11-6-5-8-12-9-7-10-13(22-4)14(12)15(19)20/h5,7-10H,6,11H2,1-4H3,(H,18,21)(H,19,20). The molecule has 0 heterocycles. The molecule has 1 aromatic rings. The summed E-state index contributed by atoms with van der Waals surface area (Å²) in [5.74, 6) is -0.736. The van der Waals surface area contributed by atoms with Gasteiger partial charge >= 0.3 is 12.1 Å². The summed E-state index contributed by atoms with van der Waals surface area (Å²) in [5, 5.41) is 11.9. The average molecular weight is 321 g/mol. The predicted molar refractivity (Wildman–Crippen MR) is 87.8 cm³/mol. The highest BCUT2D eigenvalue weighted by molar-refractivity contribution is 5.95. The summed E-state index contributed by atoms with van der Waals surface area (Å²) in [5.41, 5.74) is 0.136. The molecule has 0 aliphatic rings. The highest BCUT2D eigenvalue weighted by atomic mass is 16.6. The predicted octanol–water partition coefficient (Wildman–Crippen LogP) is 3.32. The Labute approximate surface area is 136 Å². The Morgan fingerprint density at radius 3 is 2.57 bits per heavy atom. The van der Waals surface area contributed by atoms with Gasteiger partial charge in [0.05, 0.1) is 7.11 Å². The van der Waals surface area contributed by atoms with E-state index in [0.29, 0.717) is 24.3 Å². The number of ether oxygens (including phenoxy) is 2. The molecule has 0 bridgehead atoms. The number of alkyl carbamates (subject to hydrolysis) is 1. The van der Waals surface area contributed by atoms with Gasteiger partial charge in [0.1, 0.15) is 16.9 Å². The number of nitrogens with one attached hydrogen (secondary N) is 1. The molecule has 0 aliphatic carbocycles. The van der Waals surface area contributed by atoms with E-state index in [2.05, 4.69) is 5.32 Å². The quantitative estimate of drug-likeness (QED) is 0.785. The summed E-state index contributed by atoms with van der Waals surface area (Å²) in [4.78, 5) is 22.8. The lowest BCUT2D eigenvalue weighted by atomic mass is 10.1. The van der Waals surface area contributed by atoms with Gasteiger partial charge in [-0.15, -0.1) is 0 Å². The van der Waals surface area contributed by atoms with Gasteiger partial charge in [-0.05, 0) is 38.8 Å². The van der Waals surface area contributed by atoms with Crippen molar-refractivity contribution in [3.05, 3.63) is 35.4 Å². The van der Waals surface area contributed by atoms with Crippen LogP contribution in [0.25, 0.3) is 6.08 Å². The number of methoxy groups -OCH3 is 1. The largest absolute Gasteiger partial charge is 0.496 e. The Bertz CT molecular complexity index is 587. The van der Waals surface area contributed by atoms with E-state index in [9.17, 15) is 14.7 Å². The number of carbonyl (C=O) groups excluding carboxylic acids is 1. The first kappa shape index (κ1) is 18.5. The van der Waals surface area contributed by atoms with Crippen molar-refractivity contribution >= 4 is 18.1 Å². The molecular weight excluding hydrogens is 298 g/mol. The molecule has 1 amide bonds. The minimum Gasteiger partial charge on any atom is -0.496 e. The summed E-state index contributed by atoms with van der Waals surface area (Å²) in [7, 11) is 1.43. The van der Waals surface area contributed by atoms with Crippen LogP contribution in [0.15, 0.2) is 24.3 Å². The van der Waals surface area contributed by atoms with Crippen LogP contribution in [-0.4, -0.2) is 36.4 Å². The summed E-state index contributed by atoms with van der Waals surface area (Å²) in [6.45, 7) is 5.78. The lowest BCUT2D eigenvalue weighted by Gasteiger charge is -2.19. The smallest absolute Gasteiger partial charge is 0.407 e. The molecule has 0 aromatic heterocycles. The van der Waals surface area contributed by atoms with Gasteiger partial charge in [-0.3, -0.25) is 0 Å². The Kier molecular flexibility index (Phi) is 6.63. The minimum absolute atomic E-state index is 0.117. The fourth-order valence-electron chi connectivity index (χ4n) is 1.87. The van der Waals surface area contributed by atoms with Gasteiger partial charge in [-0.1, -0.05) is 24.3 Å². The molecule has 6 heteroatoms.